The first-order valence-corrected chi connectivity index (χ1v) is 12.7. The molecule has 0 spiro atoms. The highest BCUT2D eigenvalue weighted by Gasteiger charge is 2.32. The summed E-state index contributed by atoms with van der Waals surface area (Å²) in [6, 6.07) is 12.5. The lowest BCUT2D eigenvalue weighted by atomic mass is 10.0. The summed E-state index contributed by atoms with van der Waals surface area (Å²) in [6.45, 7) is 9.83. The van der Waals surface area contributed by atoms with E-state index in [1.807, 2.05) is 45.0 Å². The largest absolute Gasteiger partial charge is 0.453 e. The van der Waals surface area contributed by atoms with Gasteiger partial charge in [0.15, 0.2) is 0 Å². The smallest absolute Gasteiger partial charge is 0.410 e. The van der Waals surface area contributed by atoms with E-state index >= 15 is 0 Å². The summed E-state index contributed by atoms with van der Waals surface area (Å²) in [7, 11) is -2.68. The topological polar surface area (TPSA) is 108 Å². The minimum atomic E-state index is -4.00. The van der Waals surface area contributed by atoms with Crippen molar-refractivity contribution in [2.45, 2.75) is 44.6 Å². The molecule has 3 rings (SSSR count). The molecule has 0 saturated heterocycles. The van der Waals surface area contributed by atoms with E-state index in [9.17, 15) is 13.2 Å². The molecule has 3 aromatic rings. The van der Waals surface area contributed by atoms with E-state index in [1.165, 1.54) is 23.4 Å². The molecule has 0 aliphatic carbocycles. The van der Waals surface area contributed by atoms with Crippen molar-refractivity contribution < 1.29 is 17.9 Å². The summed E-state index contributed by atoms with van der Waals surface area (Å²) in [5.41, 5.74) is 8.50. The number of aromatic nitrogens is 2. The maximum atomic E-state index is 14.0. The van der Waals surface area contributed by atoms with Crippen molar-refractivity contribution in [1.82, 2.24) is 13.9 Å². The third kappa shape index (κ3) is 5.47. The summed E-state index contributed by atoms with van der Waals surface area (Å²) < 4.78 is 34.2. The van der Waals surface area contributed by atoms with Crippen molar-refractivity contribution in [1.29, 1.82) is 0 Å². The Bertz CT molecular complexity index is 1290. The molecule has 0 saturated carbocycles. The average molecular weight is 497 g/mol. The number of pyridine rings is 1. The number of benzene rings is 1. The zero-order valence-electron chi connectivity index (χ0n) is 20.5. The lowest BCUT2D eigenvalue weighted by Gasteiger charge is -2.34. The van der Waals surface area contributed by atoms with Gasteiger partial charge in [0.25, 0.3) is 0 Å². The van der Waals surface area contributed by atoms with Gasteiger partial charge in [-0.05, 0) is 49.6 Å². The van der Waals surface area contributed by atoms with E-state index in [4.69, 9.17) is 10.5 Å². The van der Waals surface area contributed by atoms with Gasteiger partial charge in [0, 0.05) is 36.2 Å². The number of nitrogens with two attached hydrogens (primary N) is 1. The number of methoxy groups -OCH3 is 1. The van der Waals surface area contributed by atoms with Crippen LogP contribution >= 0.6 is 0 Å². The maximum Gasteiger partial charge on any atom is 0.410 e. The molecular formula is C26H32N4O4S. The number of hydrogen-bond acceptors (Lipinski definition) is 6. The van der Waals surface area contributed by atoms with E-state index in [1.54, 1.807) is 35.5 Å². The number of amides is 1. The van der Waals surface area contributed by atoms with Gasteiger partial charge in [-0.1, -0.05) is 36.4 Å². The fraction of sp³-hybridized carbons (Fsp3) is 0.308. The Balaban J connectivity index is 2.22. The van der Waals surface area contributed by atoms with Crippen molar-refractivity contribution in [2.24, 2.45) is 5.73 Å². The second kappa shape index (κ2) is 10.5. The molecule has 2 aromatic heterocycles. The first-order chi connectivity index (χ1) is 16.5. The van der Waals surface area contributed by atoms with Gasteiger partial charge in [0.05, 0.1) is 19.3 Å². The van der Waals surface area contributed by atoms with Crippen molar-refractivity contribution in [3.8, 4) is 11.3 Å². The van der Waals surface area contributed by atoms with Crippen LogP contribution in [0.3, 0.4) is 0 Å². The van der Waals surface area contributed by atoms with Crippen molar-refractivity contribution in [3.63, 3.8) is 0 Å². The van der Waals surface area contributed by atoms with E-state index in [0.717, 1.165) is 5.56 Å². The van der Waals surface area contributed by atoms with E-state index in [0.29, 0.717) is 22.4 Å². The Labute approximate surface area is 207 Å². The molecule has 1 amide bonds. The van der Waals surface area contributed by atoms with Crippen molar-refractivity contribution in [3.05, 3.63) is 90.4 Å². The molecule has 0 fully saturated rings. The summed E-state index contributed by atoms with van der Waals surface area (Å²) in [5.74, 6) is 0. The molecule has 1 unspecified atom stereocenters. The van der Waals surface area contributed by atoms with Gasteiger partial charge in [-0.25, -0.2) is 17.2 Å². The number of rotatable bonds is 8. The Morgan fingerprint density at radius 2 is 1.97 bits per heavy atom. The lowest BCUT2D eigenvalue weighted by Crippen LogP contribution is -2.44. The average Bonchev–Trinajstić information content (AvgIpc) is 3.27. The predicted octanol–water partition coefficient (Wildman–Crippen LogP) is 4.48. The Morgan fingerprint density at radius 3 is 2.54 bits per heavy atom. The molecule has 2 N–H and O–H groups in total. The molecule has 2 heterocycles. The van der Waals surface area contributed by atoms with Crippen molar-refractivity contribution >= 4 is 16.1 Å². The van der Waals surface area contributed by atoms with Crippen LogP contribution in [0.1, 0.15) is 42.7 Å². The minimum absolute atomic E-state index is 0.155. The van der Waals surface area contributed by atoms with Crippen LogP contribution in [0.25, 0.3) is 11.3 Å². The van der Waals surface area contributed by atoms with Gasteiger partial charge in [0.2, 0.25) is 10.0 Å². The van der Waals surface area contributed by atoms with Gasteiger partial charge >= 0.3 is 6.09 Å². The first-order valence-electron chi connectivity index (χ1n) is 11.2. The summed E-state index contributed by atoms with van der Waals surface area (Å²) in [6.07, 6.45) is 5.53. The van der Waals surface area contributed by atoms with Crippen LogP contribution in [-0.2, 0) is 27.8 Å². The number of nitrogens with zero attached hydrogens (tertiary/aromatic N) is 3. The van der Waals surface area contributed by atoms with Crippen molar-refractivity contribution in [2.75, 3.05) is 7.11 Å². The highest BCUT2D eigenvalue weighted by atomic mass is 32.2. The monoisotopic (exact) mass is 496 g/mol. The third-order valence-electron chi connectivity index (χ3n) is 5.72. The molecule has 0 aliphatic rings. The Morgan fingerprint density at radius 1 is 1.26 bits per heavy atom. The third-order valence-corrected chi connectivity index (χ3v) is 7.68. The van der Waals surface area contributed by atoms with Gasteiger partial charge in [-0.2, -0.15) is 0 Å². The first kappa shape index (κ1) is 26.2. The number of carbonyl (C=O) groups excluding carboxylic acids is 1. The second-order valence-corrected chi connectivity index (χ2v) is 11.0. The summed E-state index contributed by atoms with van der Waals surface area (Å²) in [5, 5.41) is -1.03. The number of carbonyl (C=O) groups is 1. The van der Waals surface area contributed by atoms with E-state index in [2.05, 4.69) is 11.6 Å². The zero-order valence-corrected chi connectivity index (χ0v) is 21.3. The summed E-state index contributed by atoms with van der Waals surface area (Å²) in [4.78, 5) is 18.1. The van der Waals surface area contributed by atoms with E-state index in [-0.39, 0.29) is 13.1 Å². The second-order valence-electron chi connectivity index (χ2n) is 9.11. The fourth-order valence-corrected chi connectivity index (χ4v) is 5.58. The molecule has 1 atom stereocenters. The summed E-state index contributed by atoms with van der Waals surface area (Å²) >= 11 is 0. The van der Waals surface area contributed by atoms with Crippen LogP contribution < -0.4 is 5.73 Å². The molecule has 35 heavy (non-hydrogen) atoms. The van der Waals surface area contributed by atoms with Gasteiger partial charge < -0.3 is 10.5 Å². The van der Waals surface area contributed by atoms with Gasteiger partial charge in [0.1, 0.15) is 5.25 Å². The minimum Gasteiger partial charge on any atom is -0.453 e. The van der Waals surface area contributed by atoms with Crippen LogP contribution in [0.2, 0.25) is 0 Å². The predicted molar refractivity (Wildman–Crippen MR) is 137 cm³/mol. The SMILES string of the molecule is C=CC(c1cccnc1)S(=O)(=O)n1cc(CN(C(=O)OC)C(C)(C)C)cc1-c1ccccc1CN. The molecule has 1 aromatic carbocycles. The molecule has 8 nitrogen and oxygen atoms in total. The fourth-order valence-electron chi connectivity index (χ4n) is 3.90. The Hall–Kier alpha value is -3.43. The molecule has 0 radical (unpaired) electrons. The quantitative estimate of drug-likeness (QED) is 0.461. The molecule has 0 aliphatic heterocycles. The zero-order chi connectivity index (χ0) is 25.8. The van der Waals surface area contributed by atoms with Crippen LogP contribution in [0, 0.1) is 0 Å². The normalized spacial score (nSPS) is 12.7. The highest BCUT2D eigenvalue weighted by molar-refractivity contribution is 7.90. The number of ether oxygens (including phenoxy) is 1. The molecule has 9 heteroatoms. The Kier molecular flexibility index (Phi) is 7.82. The van der Waals surface area contributed by atoms with Crippen LogP contribution in [-0.4, -0.2) is 41.0 Å². The molecule has 186 valence electrons. The number of hydrogen-bond donors (Lipinski definition) is 1. The van der Waals surface area contributed by atoms with Crippen LogP contribution in [0.5, 0.6) is 0 Å². The standard InChI is InChI=1S/C26H32N4O4S/c1-6-24(21-11-9-13-28-16-21)35(32,33)30-18-19(17-29(25(31)34-5)26(2,3)4)14-23(30)22-12-8-7-10-20(22)15-27/h6-14,16,18,24H,1,15,17,27H2,2-5H3. The van der Waals surface area contributed by atoms with Gasteiger partial charge in [-0.15, -0.1) is 6.58 Å². The van der Waals surface area contributed by atoms with Gasteiger partial charge in [-0.3, -0.25) is 9.88 Å². The van der Waals surface area contributed by atoms with Crippen LogP contribution in [0.4, 0.5) is 4.79 Å². The van der Waals surface area contributed by atoms with Crippen LogP contribution in [0.15, 0.2) is 73.7 Å². The maximum absolute atomic E-state index is 14.0. The lowest BCUT2D eigenvalue weighted by molar-refractivity contribution is 0.0793. The molecule has 0 bridgehead atoms. The van der Waals surface area contributed by atoms with E-state index < -0.39 is 26.9 Å². The highest BCUT2D eigenvalue weighted by Crippen LogP contribution is 2.34. The molecular weight excluding hydrogens is 464 g/mol.